The van der Waals surface area contributed by atoms with Gasteiger partial charge in [-0.05, 0) is 37.0 Å². The summed E-state index contributed by atoms with van der Waals surface area (Å²) >= 11 is 0. The Labute approximate surface area is 380 Å². The van der Waals surface area contributed by atoms with Crippen LogP contribution >= 0.6 is 0 Å². The molecule has 0 fully saturated rings. The van der Waals surface area contributed by atoms with Gasteiger partial charge in [-0.2, -0.15) is 0 Å². The number of rotatable bonds is 48. The van der Waals surface area contributed by atoms with E-state index in [4.69, 9.17) is 14.2 Å². The van der Waals surface area contributed by atoms with Crippen LogP contribution in [0, 0.1) is 17.8 Å². The first kappa shape index (κ1) is 59.4. The summed E-state index contributed by atoms with van der Waals surface area (Å²) in [6.45, 7) is 13.7. The predicted octanol–water partition coefficient (Wildman–Crippen LogP) is 17.6. The summed E-state index contributed by atoms with van der Waals surface area (Å²) < 4.78 is 16.8. The average molecular weight is 863 g/mol. The third-order valence-electron chi connectivity index (χ3n) is 13.1. The molecule has 2 unspecified atom stereocenters. The van der Waals surface area contributed by atoms with E-state index >= 15 is 0 Å². The van der Waals surface area contributed by atoms with Gasteiger partial charge < -0.3 is 14.2 Å². The Morgan fingerprint density at radius 3 is 0.852 bits per heavy atom. The van der Waals surface area contributed by atoms with Gasteiger partial charge in [0.25, 0.3) is 0 Å². The van der Waals surface area contributed by atoms with Crippen LogP contribution in [0.25, 0.3) is 0 Å². The van der Waals surface area contributed by atoms with E-state index in [1.807, 2.05) is 0 Å². The van der Waals surface area contributed by atoms with Gasteiger partial charge in [0.05, 0.1) is 0 Å². The fourth-order valence-corrected chi connectivity index (χ4v) is 8.23. The van der Waals surface area contributed by atoms with Gasteiger partial charge >= 0.3 is 17.9 Å². The highest BCUT2D eigenvalue weighted by Crippen LogP contribution is 2.19. The van der Waals surface area contributed by atoms with Crippen LogP contribution in [0.15, 0.2) is 0 Å². The Bertz CT molecular complexity index is 949. The quantitative estimate of drug-likeness (QED) is 0.0344. The van der Waals surface area contributed by atoms with Crippen LogP contribution in [0.3, 0.4) is 0 Å². The first-order valence-corrected chi connectivity index (χ1v) is 27.2. The van der Waals surface area contributed by atoms with E-state index in [9.17, 15) is 14.4 Å². The zero-order chi connectivity index (χ0) is 44.9. The maximum atomic E-state index is 12.8. The number of carbonyl (C=O) groups is 3. The molecule has 0 amide bonds. The summed E-state index contributed by atoms with van der Waals surface area (Å²) in [6.07, 6.45) is 46.7. The van der Waals surface area contributed by atoms with Crippen LogP contribution < -0.4 is 0 Å². The summed E-state index contributed by atoms with van der Waals surface area (Å²) in [5, 5.41) is 0. The van der Waals surface area contributed by atoms with Gasteiger partial charge in [0.15, 0.2) is 6.10 Å². The number of ether oxygens (including phenoxy) is 3. The molecule has 3 atom stereocenters. The van der Waals surface area contributed by atoms with Gasteiger partial charge in [0, 0.05) is 19.3 Å². The third-order valence-corrected chi connectivity index (χ3v) is 13.1. The molecule has 0 aliphatic carbocycles. The number of hydrogen-bond acceptors (Lipinski definition) is 6. The second-order valence-corrected chi connectivity index (χ2v) is 19.8. The topological polar surface area (TPSA) is 78.9 Å². The Hall–Kier alpha value is -1.59. The Balaban J connectivity index is 4.20. The second kappa shape index (κ2) is 46.4. The Morgan fingerprint density at radius 2 is 0.574 bits per heavy atom. The molecule has 0 heterocycles. The van der Waals surface area contributed by atoms with Crippen molar-refractivity contribution >= 4 is 17.9 Å². The van der Waals surface area contributed by atoms with Gasteiger partial charge in [-0.3, -0.25) is 14.4 Å². The molecule has 0 aromatic heterocycles. The van der Waals surface area contributed by atoms with E-state index in [2.05, 4.69) is 41.5 Å². The fraction of sp³-hybridized carbons (Fsp3) is 0.945. The van der Waals surface area contributed by atoms with Gasteiger partial charge in [-0.15, -0.1) is 0 Å². The molecule has 0 aliphatic heterocycles. The molecule has 0 spiro atoms. The van der Waals surface area contributed by atoms with Crippen molar-refractivity contribution in [2.24, 2.45) is 17.8 Å². The number of hydrogen-bond donors (Lipinski definition) is 0. The van der Waals surface area contributed by atoms with Crippen LogP contribution in [-0.4, -0.2) is 37.2 Å². The van der Waals surface area contributed by atoms with E-state index in [0.717, 1.165) is 75.5 Å². The van der Waals surface area contributed by atoms with E-state index in [1.165, 1.54) is 180 Å². The van der Waals surface area contributed by atoms with Crippen LogP contribution in [0.5, 0.6) is 0 Å². The molecule has 0 aromatic rings. The monoisotopic (exact) mass is 863 g/mol. The first-order valence-electron chi connectivity index (χ1n) is 27.2. The van der Waals surface area contributed by atoms with Crippen LogP contribution in [0.2, 0.25) is 0 Å². The Kier molecular flexibility index (Phi) is 45.2. The molecule has 0 aliphatic rings. The average Bonchev–Trinajstić information content (AvgIpc) is 3.24. The lowest BCUT2D eigenvalue weighted by atomic mass is 9.99. The summed E-state index contributed by atoms with van der Waals surface area (Å²) in [5.74, 6) is 1.66. The third kappa shape index (κ3) is 46.2. The van der Waals surface area contributed by atoms with Crippen molar-refractivity contribution in [3.8, 4) is 0 Å². The van der Waals surface area contributed by atoms with Crippen LogP contribution in [0.1, 0.15) is 298 Å². The summed E-state index contributed by atoms with van der Waals surface area (Å²) in [4.78, 5) is 37.9. The predicted molar refractivity (Wildman–Crippen MR) is 261 cm³/mol. The minimum absolute atomic E-state index is 0.0654. The number of carbonyl (C=O) groups excluding carboxylic acids is 3. The van der Waals surface area contributed by atoms with Crippen molar-refractivity contribution in [2.45, 2.75) is 304 Å². The van der Waals surface area contributed by atoms with Gasteiger partial charge in [0.1, 0.15) is 13.2 Å². The van der Waals surface area contributed by atoms with Crippen molar-refractivity contribution < 1.29 is 28.6 Å². The normalized spacial score (nSPS) is 13.0. The van der Waals surface area contributed by atoms with E-state index in [0.29, 0.717) is 19.3 Å². The lowest BCUT2D eigenvalue weighted by Crippen LogP contribution is -2.30. The molecule has 0 rings (SSSR count). The van der Waals surface area contributed by atoms with Crippen molar-refractivity contribution in [1.82, 2.24) is 0 Å². The van der Waals surface area contributed by atoms with E-state index in [-0.39, 0.29) is 31.1 Å². The molecule has 0 saturated carbocycles. The highest BCUT2D eigenvalue weighted by Gasteiger charge is 2.19. The zero-order valence-electron chi connectivity index (χ0n) is 42.0. The maximum Gasteiger partial charge on any atom is 0.306 e. The minimum Gasteiger partial charge on any atom is -0.462 e. The lowest BCUT2D eigenvalue weighted by Gasteiger charge is -2.18. The molecule has 0 saturated heterocycles. The highest BCUT2D eigenvalue weighted by molar-refractivity contribution is 5.71. The van der Waals surface area contributed by atoms with Gasteiger partial charge in [-0.25, -0.2) is 0 Å². The number of esters is 3. The molecule has 6 heteroatoms. The number of unbranched alkanes of at least 4 members (excludes halogenated alkanes) is 29. The fourth-order valence-electron chi connectivity index (χ4n) is 8.23. The van der Waals surface area contributed by atoms with Crippen LogP contribution in [0.4, 0.5) is 0 Å². The largest absolute Gasteiger partial charge is 0.462 e. The van der Waals surface area contributed by atoms with Crippen molar-refractivity contribution in [1.29, 1.82) is 0 Å². The molecule has 0 aromatic carbocycles. The van der Waals surface area contributed by atoms with Gasteiger partial charge in [0.2, 0.25) is 0 Å². The standard InChI is InChI=1S/C55H106O6/c1-7-50(5)42-36-30-24-21-22-26-33-39-45-54(57)60-48-52(61-55(58)46-40-34-28-27-31-37-43-51(6)8-2)47-59-53(56)44-38-32-25-20-18-16-14-12-10-9-11-13-15-17-19-23-29-35-41-49(3)4/h49-52H,7-48H2,1-6H3/t50?,51?,52-/m0/s1. The minimum atomic E-state index is -0.764. The molecule has 0 N–H and O–H groups in total. The van der Waals surface area contributed by atoms with Gasteiger partial charge in [-0.1, -0.05) is 260 Å². The van der Waals surface area contributed by atoms with Crippen molar-refractivity contribution in [3.63, 3.8) is 0 Å². The first-order chi connectivity index (χ1) is 29.7. The molecule has 61 heavy (non-hydrogen) atoms. The second-order valence-electron chi connectivity index (χ2n) is 19.8. The zero-order valence-corrected chi connectivity index (χ0v) is 42.0. The molecule has 6 nitrogen and oxygen atoms in total. The molecule has 362 valence electrons. The Morgan fingerprint density at radius 1 is 0.328 bits per heavy atom. The van der Waals surface area contributed by atoms with Crippen molar-refractivity contribution in [3.05, 3.63) is 0 Å². The molecular formula is C55H106O6. The van der Waals surface area contributed by atoms with E-state index in [1.54, 1.807) is 0 Å². The summed E-state index contributed by atoms with van der Waals surface area (Å²) in [6, 6.07) is 0. The molecular weight excluding hydrogens is 757 g/mol. The summed E-state index contributed by atoms with van der Waals surface area (Å²) in [5.41, 5.74) is 0. The SMILES string of the molecule is CCC(C)CCCCCCCCCCC(=O)OC[C@H](COC(=O)CCCCCCCCCCCCCCCCCCCCC(C)C)OC(=O)CCCCCCCCC(C)CC. The van der Waals surface area contributed by atoms with Crippen molar-refractivity contribution in [2.75, 3.05) is 13.2 Å². The maximum absolute atomic E-state index is 12.8. The molecule has 0 radical (unpaired) electrons. The summed E-state index contributed by atoms with van der Waals surface area (Å²) in [7, 11) is 0. The lowest BCUT2D eigenvalue weighted by molar-refractivity contribution is -0.167. The van der Waals surface area contributed by atoms with Crippen LogP contribution in [-0.2, 0) is 28.6 Å². The smallest absolute Gasteiger partial charge is 0.306 e. The van der Waals surface area contributed by atoms with E-state index < -0.39 is 6.10 Å². The highest BCUT2D eigenvalue weighted by atomic mass is 16.6. The molecule has 0 bridgehead atoms.